The number of hydrogen-bond donors (Lipinski definition) is 2. The van der Waals surface area contributed by atoms with Crippen molar-refractivity contribution in [1.29, 1.82) is 0 Å². The number of carbonyl (C=O) groups is 1. The third kappa shape index (κ3) is 3.75. The predicted octanol–water partition coefficient (Wildman–Crippen LogP) is 1.22. The van der Waals surface area contributed by atoms with Gasteiger partial charge in [0.15, 0.2) is 0 Å². The van der Waals surface area contributed by atoms with Crippen LogP contribution in [-0.4, -0.2) is 36.6 Å². The molecule has 20 heavy (non-hydrogen) atoms. The van der Waals surface area contributed by atoms with Crippen molar-refractivity contribution in [1.82, 2.24) is 5.32 Å². The van der Waals surface area contributed by atoms with Crippen LogP contribution >= 0.6 is 0 Å². The van der Waals surface area contributed by atoms with Crippen LogP contribution in [0.1, 0.15) is 12.0 Å². The number of nitrogens with one attached hydrogen (secondary N) is 2. The number of amides is 1. The van der Waals surface area contributed by atoms with Gasteiger partial charge in [-0.1, -0.05) is 6.07 Å². The third-order valence-electron chi connectivity index (χ3n) is 3.05. The minimum Gasteiger partial charge on any atom is -0.378 e. The molecule has 1 aliphatic rings. The average Bonchev–Trinajstić information content (AvgIpc) is 2.39. The lowest BCUT2D eigenvalue weighted by molar-refractivity contribution is -0.383. The van der Waals surface area contributed by atoms with E-state index in [-0.39, 0.29) is 29.7 Å². The Morgan fingerprint density at radius 2 is 2.40 bits per heavy atom. The quantitative estimate of drug-likeness (QED) is 0.638. The highest BCUT2D eigenvalue weighted by molar-refractivity contribution is 5.93. The molecule has 108 valence electrons. The number of nitro benzene ring substituents is 1. The maximum atomic E-state index is 11.9. The van der Waals surface area contributed by atoms with Gasteiger partial charge in [-0.2, -0.15) is 0 Å². The van der Waals surface area contributed by atoms with Crippen molar-refractivity contribution >= 4 is 17.3 Å². The lowest BCUT2D eigenvalue weighted by Crippen LogP contribution is -2.43. The summed E-state index contributed by atoms with van der Waals surface area (Å²) < 4.78 is 5.26. The van der Waals surface area contributed by atoms with Crippen LogP contribution in [-0.2, 0) is 9.53 Å². The van der Waals surface area contributed by atoms with Crippen LogP contribution < -0.4 is 10.6 Å². The van der Waals surface area contributed by atoms with E-state index in [0.717, 1.165) is 5.56 Å². The maximum Gasteiger partial charge on any atom is 0.292 e. The molecule has 7 heteroatoms. The van der Waals surface area contributed by atoms with Gasteiger partial charge in [-0.3, -0.25) is 14.9 Å². The van der Waals surface area contributed by atoms with Crippen LogP contribution in [0.5, 0.6) is 0 Å². The summed E-state index contributed by atoms with van der Waals surface area (Å²) in [5, 5.41) is 16.7. The second-order valence-electron chi connectivity index (χ2n) is 4.76. The Labute approximate surface area is 116 Å². The summed E-state index contributed by atoms with van der Waals surface area (Å²) in [6.45, 7) is 3.64. The van der Waals surface area contributed by atoms with Gasteiger partial charge in [0.25, 0.3) is 5.69 Å². The summed E-state index contributed by atoms with van der Waals surface area (Å²) in [6.07, 6.45) is 0.227. The van der Waals surface area contributed by atoms with Gasteiger partial charge in [0.1, 0.15) is 5.69 Å². The molecule has 1 aromatic rings. The highest BCUT2D eigenvalue weighted by atomic mass is 16.6. The number of hydrogen-bond acceptors (Lipinski definition) is 5. The predicted molar refractivity (Wildman–Crippen MR) is 73.7 cm³/mol. The molecule has 1 aliphatic heterocycles. The van der Waals surface area contributed by atoms with Gasteiger partial charge in [0.2, 0.25) is 5.91 Å². The Hall–Kier alpha value is -1.99. The standard InChI is InChI=1S/C13H17N3O4/c1-9-2-3-12(16(18)19)11(6-9)15-13(17)7-10-8-20-5-4-14-10/h2-3,6,10,14H,4-5,7-8H2,1H3,(H,15,17). The fraction of sp³-hybridized carbons (Fsp3) is 0.462. The summed E-state index contributed by atoms with van der Waals surface area (Å²) in [7, 11) is 0. The fourth-order valence-electron chi connectivity index (χ4n) is 2.09. The molecule has 0 bridgehead atoms. The first-order valence-electron chi connectivity index (χ1n) is 6.42. The number of anilines is 1. The van der Waals surface area contributed by atoms with Crippen molar-refractivity contribution in [3.05, 3.63) is 33.9 Å². The summed E-state index contributed by atoms with van der Waals surface area (Å²) in [5.74, 6) is -0.262. The van der Waals surface area contributed by atoms with Crippen LogP contribution in [0.25, 0.3) is 0 Å². The van der Waals surface area contributed by atoms with Crippen LogP contribution in [0.15, 0.2) is 18.2 Å². The van der Waals surface area contributed by atoms with Gasteiger partial charge in [0.05, 0.1) is 18.1 Å². The normalized spacial score (nSPS) is 18.6. The number of nitro groups is 1. The van der Waals surface area contributed by atoms with E-state index in [1.807, 2.05) is 6.92 Å². The topological polar surface area (TPSA) is 93.5 Å². The second-order valence-corrected chi connectivity index (χ2v) is 4.76. The van der Waals surface area contributed by atoms with Gasteiger partial charge >= 0.3 is 0 Å². The average molecular weight is 279 g/mol. The molecule has 1 heterocycles. The Kier molecular flexibility index (Phi) is 4.65. The first-order valence-corrected chi connectivity index (χ1v) is 6.42. The Morgan fingerprint density at radius 1 is 1.60 bits per heavy atom. The molecule has 1 amide bonds. The van der Waals surface area contributed by atoms with E-state index in [2.05, 4.69) is 10.6 Å². The fourth-order valence-corrected chi connectivity index (χ4v) is 2.09. The molecule has 1 saturated heterocycles. The summed E-state index contributed by atoms with van der Waals surface area (Å²) in [6, 6.07) is 4.59. The Balaban J connectivity index is 2.03. The van der Waals surface area contributed by atoms with E-state index in [0.29, 0.717) is 19.8 Å². The molecular weight excluding hydrogens is 262 g/mol. The molecule has 1 atom stereocenters. The number of aryl methyl sites for hydroxylation is 1. The zero-order valence-corrected chi connectivity index (χ0v) is 11.2. The van der Waals surface area contributed by atoms with E-state index in [1.54, 1.807) is 12.1 Å². The number of morpholine rings is 1. The summed E-state index contributed by atoms with van der Waals surface area (Å²) in [5.41, 5.74) is 0.985. The van der Waals surface area contributed by atoms with Crippen LogP contribution in [0, 0.1) is 17.0 Å². The molecule has 1 unspecified atom stereocenters. The van der Waals surface area contributed by atoms with Crippen LogP contribution in [0.4, 0.5) is 11.4 Å². The van der Waals surface area contributed by atoms with Crippen molar-refractivity contribution in [2.75, 3.05) is 25.1 Å². The van der Waals surface area contributed by atoms with Crippen LogP contribution in [0.3, 0.4) is 0 Å². The smallest absolute Gasteiger partial charge is 0.292 e. The highest BCUT2D eigenvalue weighted by Crippen LogP contribution is 2.25. The molecule has 1 aromatic carbocycles. The monoisotopic (exact) mass is 279 g/mol. The largest absolute Gasteiger partial charge is 0.378 e. The molecule has 0 aliphatic carbocycles. The second kappa shape index (κ2) is 6.44. The Bertz CT molecular complexity index is 512. The zero-order chi connectivity index (χ0) is 14.5. The minimum absolute atomic E-state index is 0.0485. The maximum absolute atomic E-state index is 11.9. The van der Waals surface area contributed by atoms with E-state index in [4.69, 9.17) is 4.74 Å². The lowest BCUT2D eigenvalue weighted by Gasteiger charge is -2.23. The van der Waals surface area contributed by atoms with Crippen LogP contribution in [0.2, 0.25) is 0 Å². The van der Waals surface area contributed by atoms with E-state index in [1.165, 1.54) is 6.07 Å². The van der Waals surface area contributed by atoms with Gasteiger partial charge in [-0.05, 0) is 18.6 Å². The SMILES string of the molecule is Cc1ccc([N+](=O)[O-])c(NC(=O)CC2COCCN2)c1. The number of carbonyl (C=O) groups excluding carboxylic acids is 1. The minimum atomic E-state index is -0.503. The van der Waals surface area contributed by atoms with Gasteiger partial charge in [0, 0.05) is 25.1 Å². The summed E-state index contributed by atoms with van der Waals surface area (Å²) >= 11 is 0. The molecule has 2 rings (SSSR count). The third-order valence-corrected chi connectivity index (χ3v) is 3.05. The van der Waals surface area contributed by atoms with E-state index < -0.39 is 4.92 Å². The molecule has 1 fully saturated rings. The number of benzene rings is 1. The molecule has 0 spiro atoms. The van der Waals surface area contributed by atoms with Crippen molar-refractivity contribution in [2.24, 2.45) is 0 Å². The lowest BCUT2D eigenvalue weighted by atomic mass is 10.1. The Morgan fingerprint density at radius 3 is 3.05 bits per heavy atom. The number of nitrogens with zero attached hydrogens (tertiary/aromatic N) is 1. The zero-order valence-electron chi connectivity index (χ0n) is 11.2. The van der Waals surface area contributed by atoms with Crippen molar-refractivity contribution < 1.29 is 14.5 Å². The molecule has 0 radical (unpaired) electrons. The van der Waals surface area contributed by atoms with Gasteiger partial charge in [-0.25, -0.2) is 0 Å². The molecular formula is C13H17N3O4. The van der Waals surface area contributed by atoms with Crippen molar-refractivity contribution in [2.45, 2.75) is 19.4 Å². The summed E-state index contributed by atoms with van der Waals surface area (Å²) in [4.78, 5) is 22.4. The molecule has 7 nitrogen and oxygen atoms in total. The number of rotatable bonds is 4. The van der Waals surface area contributed by atoms with Crippen molar-refractivity contribution in [3.8, 4) is 0 Å². The molecule has 2 N–H and O–H groups in total. The number of ether oxygens (including phenoxy) is 1. The van der Waals surface area contributed by atoms with E-state index in [9.17, 15) is 14.9 Å². The van der Waals surface area contributed by atoms with Gasteiger partial charge < -0.3 is 15.4 Å². The van der Waals surface area contributed by atoms with Crippen molar-refractivity contribution in [3.63, 3.8) is 0 Å². The first kappa shape index (κ1) is 14.4. The molecule has 0 saturated carbocycles. The first-order chi connectivity index (χ1) is 9.56. The van der Waals surface area contributed by atoms with E-state index >= 15 is 0 Å². The highest BCUT2D eigenvalue weighted by Gasteiger charge is 2.20. The van der Waals surface area contributed by atoms with Gasteiger partial charge in [-0.15, -0.1) is 0 Å². The molecule has 0 aromatic heterocycles.